The van der Waals surface area contributed by atoms with Crippen LogP contribution in [0.4, 0.5) is 0 Å². The number of pyridine rings is 1. The van der Waals surface area contributed by atoms with Gasteiger partial charge in [-0.2, -0.15) is 0 Å². The molecule has 0 radical (unpaired) electrons. The van der Waals surface area contributed by atoms with Gasteiger partial charge in [-0.1, -0.05) is 25.4 Å². The number of rotatable bonds is 4. The third-order valence-corrected chi connectivity index (χ3v) is 4.08. The van der Waals surface area contributed by atoms with E-state index >= 15 is 0 Å². The van der Waals surface area contributed by atoms with Gasteiger partial charge < -0.3 is 10.1 Å². The monoisotopic (exact) mass is 282 g/mol. The Balaban J connectivity index is 1.96. The average molecular weight is 283 g/mol. The fourth-order valence-electron chi connectivity index (χ4n) is 2.50. The number of aromatic nitrogens is 1. The van der Waals surface area contributed by atoms with Crippen LogP contribution in [0.5, 0.6) is 5.88 Å². The molecule has 0 amide bonds. The fourth-order valence-corrected chi connectivity index (χ4v) is 2.73. The Labute approximate surface area is 120 Å². The van der Waals surface area contributed by atoms with E-state index in [4.69, 9.17) is 16.3 Å². The Hall–Kier alpha value is -0.800. The van der Waals surface area contributed by atoms with Gasteiger partial charge in [0.15, 0.2) is 0 Å². The first kappa shape index (κ1) is 14.6. The quantitative estimate of drug-likeness (QED) is 0.912. The van der Waals surface area contributed by atoms with Gasteiger partial charge in [0.1, 0.15) is 11.1 Å². The second-order valence-corrected chi connectivity index (χ2v) is 6.55. The van der Waals surface area contributed by atoms with Crippen LogP contribution in [0.15, 0.2) is 12.3 Å². The molecule has 1 aromatic rings. The largest absolute Gasteiger partial charge is 0.473 e. The molecule has 106 valence electrons. The van der Waals surface area contributed by atoms with Gasteiger partial charge in [0.05, 0.1) is 0 Å². The molecule has 2 rings (SSSR count). The molecule has 19 heavy (non-hydrogen) atoms. The summed E-state index contributed by atoms with van der Waals surface area (Å²) in [5.74, 6) is 0.575. The summed E-state index contributed by atoms with van der Waals surface area (Å²) >= 11 is 6.23. The Bertz CT molecular complexity index is 424. The first-order chi connectivity index (χ1) is 9.00. The van der Waals surface area contributed by atoms with E-state index in [-0.39, 0.29) is 6.10 Å². The smallest absolute Gasteiger partial charge is 0.232 e. The maximum Gasteiger partial charge on any atom is 0.232 e. The maximum atomic E-state index is 6.23. The second kappa shape index (κ2) is 6.10. The summed E-state index contributed by atoms with van der Waals surface area (Å²) in [6.45, 7) is 5.41. The molecule has 1 heterocycles. The molecule has 0 aromatic carbocycles. The lowest BCUT2D eigenvalue weighted by Gasteiger charge is -2.34. The van der Waals surface area contributed by atoms with E-state index in [9.17, 15) is 0 Å². The molecule has 0 bridgehead atoms. The van der Waals surface area contributed by atoms with Gasteiger partial charge in [-0.3, -0.25) is 0 Å². The first-order valence-electron chi connectivity index (χ1n) is 6.96. The minimum atomic E-state index is 0.258. The highest BCUT2D eigenvalue weighted by molar-refractivity contribution is 6.31. The molecule has 1 aromatic heterocycles. The molecule has 4 heteroatoms. The lowest BCUT2D eigenvalue weighted by Crippen LogP contribution is -2.28. The van der Waals surface area contributed by atoms with Crippen LogP contribution < -0.4 is 10.1 Å². The van der Waals surface area contributed by atoms with Crippen molar-refractivity contribution >= 4 is 11.6 Å². The van der Waals surface area contributed by atoms with Crippen LogP contribution >= 0.6 is 11.6 Å². The van der Waals surface area contributed by atoms with Crippen LogP contribution in [0.2, 0.25) is 5.02 Å². The molecule has 0 aliphatic heterocycles. The summed E-state index contributed by atoms with van der Waals surface area (Å²) in [6.07, 6.45) is 6.66. The van der Waals surface area contributed by atoms with Crippen molar-refractivity contribution in [2.24, 2.45) is 5.41 Å². The van der Waals surface area contributed by atoms with Gasteiger partial charge in [0.25, 0.3) is 0 Å². The highest BCUT2D eigenvalue weighted by atomic mass is 35.5. The lowest BCUT2D eigenvalue weighted by molar-refractivity contribution is 0.0949. The van der Waals surface area contributed by atoms with Crippen molar-refractivity contribution in [2.75, 3.05) is 7.05 Å². The molecule has 0 atom stereocenters. The van der Waals surface area contributed by atoms with Crippen molar-refractivity contribution in [3.63, 3.8) is 0 Å². The van der Waals surface area contributed by atoms with Crippen LogP contribution in [-0.4, -0.2) is 18.1 Å². The van der Waals surface area contributed by atoms with Gasteiger partial charge in [-0.15, -0.1) is 0 Å². The van der Waals surface area contributed by atoms with Gasteiger partial charge in [-0.05, 0) is 49.8 Å². The minimum Gasteiger partial charge on any atom is -0.473 e. The van der Waals surface area contributed by atoms with Crippen LogP contribution in [0.1, 0.15) is 45.1 Å². The molecular weight excluding hydrogens is 260 g/mol. The van der Waals surface area contributed by atoms with Crippen LogP contribution in [0.3, 0.4) is 0 Å². The summed E-state index contributed by atoms with van der Waals surface area (Å²) in [5.41, 5.74) is 1.53. The lowest BCUT2D eigenvalue weighted by atomic mass is 9.76. The van der Waals surface area contributed by atoms with Crippen molar-refractivity contribution in [1.29, 1.82) is 0 Å². The van der Waals surface area contributed by atoms with Gasteiger partial charge in [0.2, 0.25) is 5.88 Å². The zero-order chi connectivity index (χ0) is 13.9. The standard InChI is InChI=1S/C15H23ClN2O/c1-15(2)6-4-12(5-7-15)19-14-13(16)8-11(9-17-3)10-18-14/h8,10,12,17H,4-7,9H2,1-3H3. The van der Waals surface area contributed by atoms with Crippen molar-refractivity contribution in [1.82, 2.24) is 10.3 Å². The molecule has 1 aliphatic rings. The maximum absolute atomic E-state index is 6.23. The molecule has 0 spiro atoms. The zero-order valence-electron chi connectivity index (χ0n) is 12.0. The topological polar surface area (TPSA) is 34.2 Å². The van der Waals surface area contributed by atoms with Crippen LogP contribution in [-0.2, 0) is 6.54 Å². The predicted molar refractivity (Wildman–Crippen MR) is 78.7 cm³/mol. The van der Waals surface area contributed by atoms with E-state index in [1.54, 1.807) is 0 Å². The third-order valence-electron chi connectivity index (χ3n) is 3.81. The van der Waals surface area contributed by atoms with E-state index in [0.29, 0.717) is 16.3 Å². The fraction of sp³-hybridized carbons (Fsp3) is 0.667. The molecule has 1 fully saturated rings. The SMILES string of the molecule is CNCc1cnc(OC2CCC(C)(C)CC2)c(Cl)c1. The summed E-state index contributed by atoms with van der Waals surface area (Å²) < 4.78 is 5.95. The molecular formula is C15H23ClN2O. The molecule has 3 nitrogen and oxygen atoms in total. The molecule has 1 N–H and O–H groups in total. The normalized spacial score (nSPS) is 19.4. The van der Waals surface area contributed by atoms with E-state index in [2.05, 4.69) is 24.1 Å². The number of hydrogen-bond donors (Lipinski definition) is 1. The molecule has 1 saturated carbocycles. The van der Waals surface area contributed by atoms with Crippen molar-refractivity contribution in [2.45, 2.75) is 52.2 Å². The van der Waals surface area contributed by atoms with Crippen molar-refractivity contribution in [3.05, 3.63) is 22.8 Å². The third kappa shape index (κ3) is 4.08. The van der Waals surface area contributed by atoms with Gasteiger partial charge in [0, 0.05) is 12.7 Å². The minimum absolute atomic E-state index is 0.258. The summed E-state index contributed by atoms with van der Waals surface area (Å²) in [4.78, 5) is 4.33. The Morgan fingerprint density at radius 2 is 2.11 bits per heavy atom. The first-order valence-corrected chi connectivity index (χ1v) is 7.34. The number of hydrogen-bond acceptors (Lipinski definition) is 3. The summed E-state index contributed by atoms with van der Waals surface area (Å²) in [7, 11) is 1.90. The second-order valence-electron chi connectivity index (χ2n) is 6.14. The van der Waals surface area contributed by atoms with E-state index < -0.39 is 0 Å². The zero-order valence-corrected chi connectivity index (χ0v) is 12.8. The number of halogens is 1. The van der Waals surface area contributed by atoms with Crippen LogP contribution in [0, 0.1) is 5.41 Å². The Morgan fingerprint density at radius 1 is 1.42 bits per heavy atom. The number of ether oxygens (including phenoxy) is 1. The van der Waals surface area contributed by atoms with E-state index in [0.717, 1.165) is 24.9 Å². The number of nitrogens with zero attached hydrogens (tertiary/aromatic N) is 1. The Kier molecular flexibility index (Phi) is 4.69. The van der Waals surface area contributed by atoms with E-state index in [1.807, 2.05) is 19.3 Å². The van der Waals surface area contributed by atoms with Gasteiger partial charge in [-0.25, -0.2) is 4.98 Å². The number of nitrogens with one attached hydrogen (secondary N) is 1. The molecule has 0 unspecified atom stereocenters. The average Bonchev–Trinajstić information content (AvgIpc) is 2.35. The summed E-state index contributed by atoms with van der Waals surface area (Å²) in [6, 6.07) is 1.92. The predicted octanol–water partition coefficient (Wildman–Crippen LogP) is 3.80. The Morgan fingerprint density at radius 3 is 2.68 bits per heavy atom. The van der Waals surface area contributed by atoms with E-state index in [1.165, 1.54) is 12.8 Å². The van der Waals surface area contributed by atoms with Crippen LogP contribution in [0.25, 0.3) is 0 Å². The molecule has 1 aliphatic carbocycles. The van der Waals surface area contributed by atoms with Gasteiger partial charge >= 0.3 is 0 Å². The van der Waals surface area contributed by atoms with Crippen molar-refractivity contribution in [3.8, 4) is 5.88 Å². The molecule has 0 saturated heterocycles. The van der Waals surface area contributed by atoms with Crippen molar-refractivity contribution < 1.29 is 4.74 Å². The highest BCUT2D eigenvalue weighted by Gasteiger charge is 2.28. The highest BCUT2D eigenvalue weighted by Crippen LogP contribution is 2.37. The summed E-state index contributed by atoms with van der Waals surface area (Å²) in [5, 5.41) is 3.69.